The number of nitrogens with one attached hydrogen (secondary N) is 2. The van der Waals surface area contributed by atoms with E-state index in [1.54, 1.807) is 5.01 Å². The zero-order valence-electron chi connectivity index (χ0n) is 31.8. The third-order valence-corrected chi connectivity index (χ3v) is 9.75. The van der Waals surface area contributed by atoms with E-state index >= 15 is 0 Å². The molecule has 10 nitrogen and oxygen atoms in total. The molecule has 2 fully saturated rings. The molecule has 1 saturated heterocycles. The van der Waals surface area contributed by atoms with Gasteiger partial charge in [-0.15, -0.1) is 0 Å². The van der Waals surface area contributed by atoms with Gasteiger partial charge in [0.1, 0.15) is 12.1 Å². The maximum atomic E-state index is 12.8. The van der Waals surface area contributed by atoms with Crippen LogP contribution in [0.15, 0.2) is 65.9 Å². The molecule has 276 valence electrons. The Kier molecular flexibility index (Phi) is 15.6. The summed E-state index contributed by atoms with van der Waals surface area (Å²) < 4.78 is 5.13. The second kappa shape index (κ2) is 20.1. The molecule has 2 N–H and O–H groups in total. The lowest BCUT2D eigenvalue weighted by atomic mass is 9.98. The van der Waals surface area contributed by atoms with E-state index in [0.29, 0.717) is 30.8 Å². The summed E-state index contributed by atoms with van der Waals surface area (Å²) in [4.78, 5) is 37.7. The zero-order valence-corrected chi connectivity index (χ0v) is 31.8. The number of carbonyl (C=O) groups is 2. The zero-order chi connectivity index (χ0) is 36.8. The number of aliphatic imine (C=N–C) groups is 1. The van der Waals surface area contributed by atoms with Gasteiger partial charge in [-0.3, -0.25) is 19.7 Å². The third kappa shape index (κ3) is 12.3. The number of aromatic amines is 1. The highest BCUT2D eigenvalue weighted by molar-refractivity contribution is 5.76. The fraction of sp³-hybridized carbons (Fsp3) is 0.512. The third-order valence-electron chi connectivity index (χ3n) is 9.75. The van der Waals surface area contributed by atoms with Gasteiger partial charge in [0, 0.05) is 65.5 Å². The quantitative estimate of drug-likeness (QED) is 0.0952. The van der Waals surface area contributed by atoms with E-state index in [1.165, 1.54) is 6.42 Å². The molecule has 5 rings (SSSR count). The van der Waals surface area contributed by atoms with Gasteiger partial charge in [-0.2, -0.15) is 0 Å². The van der Waals surface area contributed by atoms with E-state index in [-0.39, 0.29) is 5.91 Å². The minimum absolute atomic E-state index is 0.110. The molecule has 3 aromatic rings. The summed E-state index contributed by atoms with van der Waals surface area (Å²) in [6, 6.07) is 17.7. The monoisotopic (exact) mass is 697 g/mol. The molecule has 0 radical (unpaired) electrons. The molecule has 0 bridgehead atoms. The van der Waals surface area contributed by atoms with Gasteiger partial charge in [0.2, 0.25) is 5.91 Å². The summed E-state index contributed by atoms with van der Waals surface area (Å²) in [5, 5.41) is 7.00. The van der Waals surface area contributed by atoms with Crippen molar-refractivity contribution < 1.29 is 14.3 Å². The van der Waals surface area contributed by atoms with Crippen molar-refractivity contribution in [2.24, 2.45) is 22.7 Å². The number of hydrogen-bond acceptors (Lipinski definition) is 8. The summed E-state index contributed by atoms with van der Waals surface area (Å²) in [7, 11) is 6.03. The van der Waals surface area contributed by atoms with Crippen LogP contribution in [0.4, 0.5) is 0 Å². The number of hydrogen-bond donors (Lipinski definition) is 2. The Morgan fingerprint density at radius 1 is 1.06 bits per heavy atom. The highest BCUT2D eigenvalue weighted by Crippen LogP contribution is 2.33. The Labute approximate surface area is 305 Å². The summed E-state index contributed by atoms with van der Waals surface area (Å²) in [5.74, 6) is 2.60. The average Bonchev–Trinajstić information content (AvgIpc) is 3.69. The normalized spacial score (nSPS) is 17.9. The van der Waals surface area contributed by atoms with Gasteiger partial charge in [-0.05, 0) is 66.3 Å². The van der Waals surface area contributed by atoms with Crippen molar-refractivity contribution in [1.82, 2.24) is 30.2 Å². The summed E-state index contributed by atoms with van der Waals surface area (Å²) >= 11 is 0. The van der Waals surface area contributed by atoms with Crippen LogP contribution >= 0.6 is 0 Å². The van der Waals surface area contributed by atoms with Gasteiger partial charge in [-0.25, -0.2) is 9.99 Å². The number of benzene rings is 2. The first-order chi connectivity index (χ1) is 24.6. The summed E-state index contributed by atoms with van der Waals surface area (Å²) in [6.07, 6.45) is 11.4. The fourth-order valence-electron chi connectivity index (χ4n) is 6.20. The first-order valence-corrected chi connectivity index (χ1v) is 18.5. The molecule has 1 aliphatic heterocycles. The molecule has 2 heterocycles. The number of H-pyrrole nitrogens is 1. The molecule has 1 saturated carbocycles. The van der Waals surface area contributed by atoms with Crippen LogP contribution in [0.2, 0.25) is 0 Å². The number of hydrazine groups is 1. The molecule has 0 spiro atoms. The Hall–Kier alpha value is -4.12. The van der Waals surface area contributed by atoms with Crippen LogP contribution in [-0.4, -0.2) is 96.8 Å². The van der Waals surface area contributed by atoms with Crippen molar-refractivity contribution in [2.75, 3.05) is 47.4 Å². The van der Waals surface area contributed by atoms with Crippen molar-refractivity contribution in [3.05, 3.63) is 72.3 Å². The minimum Gasteiger partial charge on any atom is -0.386 e. The highest BCUT2D eigenvalue weighted by atomic mass is 16.5. The predicted octanol–water partition coefficient (Wildman–Crippen LogP) is 6.92. The van der Waals surface area contributed by atoms with Crippen LogP contribution in [0.25, 0.3) is 28.1 Å². The maximum absolute atomic E-state index is 12.8. The number of amides is 1. The standard InChI is InChI=1S/C34H47N7O.C7H12O2/c1-8-40(7)41(34(42)19-24(2)3)23-33-37-22-31(38-33)29-15-11-27(12-16-29)26-9-13-28(14-10-26)30(35-5)21-36-17-18-39(6)32-20-25(32)4;8-4-1-7-2-5-9-6-3-7/h9-17,21-22,24-25,32,35H,8,18-20,23H2,1-7H3,(H,37,38);4,7H,1-3,5-6H2/b30-21-,36-17?;. The molecule has 1 aromatic heterocycles. The number of imidazole rings is 1. The van der Waals surface area contributed by atoms with Crippen LogP contribution in [0.1, 0.15) is 71.2 Å². The molecule has 1 aliphatic carbocycles. The molecule has 1 amide bonds. The number of nitrogens with zero attached hydrogens (tertiary/aromatic N) is 5. The largest absolute Gasteiger partial charge is 0.386 e. The predicted molar refractivity (Wildman–Crippen MR) is 208 cm³/mol. The molecule has 51 heavy (non-hydrogen) atoms. The van der Waals surface area contributed by atoms with Crippen LogP contribution < -0.4 is 5.32 Å². The molecule has 2 unspecified atom stereocenters. The smallest absolute Gasteiger partial charge is 0.237 e. The molecular formula is C41H59N7O3. The van der Waals surface area contributed by atoms with Gasteiger partial charge >= 0.3 is 0 Å². The molecule has 2 aliphatic rings. The van der Waals surface area contributed by atoms with E-state index in [4.69, 9.17) is 4.74 Å². The SMILES string of the molecule is CCN(C)N(Cc1ncc(-c2ccc(-c3ccc(/C(=C/N=CCN(C)C4CC4C)NC)cc3)cc2)[nH]1)C(=O)CC(C)C.O=CCC1CCOCC1. The van der Waals surface area contributed by atoms with Crippen LogP contribution in [-0.2, 0) is 20.9 Å². The molecule has 10 heteroatoms. The maximum Gasteiger partial charge on any atom is 0.237 e. The Morgan fingerprint density at radius 2 is 1.69 bits per heavy atom. The molecule has 2 atom stereocenters. The van der Waals surface area contributed by atoms with Crippen molar-refractivity contribution in [3.8, 4) is 22.4 Å². The van der Waals surface area contributed by atoms with E-state index in [9.17, 15) is 9.59 Å². The lowest BCUT2D eigenvalue weighted by molar-refractivity contribution is -0.149. The van der Waals surface area contributed by atoms with E-state index in [2.05, 4.69) is 102 Å². The lowest BCUT2D eigenvalue weighted by Gasteiger charge is -2.31. The second-order valence-corrected chi connectivity index (χ2v) is 14.2. The number of aromatic nitrogens is 2. The van der Waals surface area contributed by atoms with E-state index in [0.717, 1.165) is 97.2 Å². The van der Waals surface area contributed by atoms with Crippen LogP contribution in [0.5, 0.6) is 0 Å². The van der Waals surface area contributed by atoms with E-state index in [1.807, 2.05) is 44.6 Å². The average molecular weight is 698 g/mol. The van der Waals surface area contributed by atoms with Gasteiger partial charge in [0.05, 0.1) is 30.3 Å². The number of rotatable bonds is 16. The first-order valence-electron chi connectivity index (χ1n) is 18.5. The van der Waals surface area contributed by atoms with Gasteiger partial charge in [0.25, 0.3) is 0 Å². The Balaban J connectivity index is 0.000000563. The first kappa shape index (κ1) is 39.7. The summed E-state index contributed by atoms with van der Waals surface area (Å²) in [6.45, 7) is 12.2. The van der Waals surface area contributed by atoms with Gasteiger partial charge < -0.3 is 19.8 Å². The number of ether oxygens (including phenoxy) is 1. The minimum atomic E-state index is 0.110. The fourth-order valence-corrected chi connectivity index (χ4v) is 6.20. The molecular weight excluding hydrogens is 638 g/mol. The number of aldehydes is 1. The summed E-state index contributed by atoms with van der Waals surface area (Å²) in [5.41, 5.74) is 6.36. The molecule has 2 aromatic carbocycles. The van der Waals surface area contributed by atoms with Gasteiger partial charge in [0.15, 0.2) is 0 Å². The lowest BCUT2D eigenvalue weighted by Crippen LogP contribution is -2.44. The van der Waals surface area contributed by atoms with Crippen molar-refractivity contribution in [1.29, 1.82) is 0 Å². The Morgan fingerprint density at radius 3 is 2.25 bits per heavy atom. The second-order valence-electron chi connectivity index (χ2n) is 14.2. The van der Waals surface area contributed by atoms with Crippen LogP contribution in [0.3, 0.4) is 0 Å². The van der Waals surface area contributed by atoms with Crippen molar-refractivity contribution in [2.45, 2.75) is 72.4 Å². The Bertz CT molecular complexity index is 1560. The van der Waals surface area contributed by atoms with Crippen molar-refractivity contribution >= 4 is 24.1 Å². The van der Waals surface area contributed by atoms with Crippen molar-refractivity contribution in [3.63, 3.8) is 0 Å². The topological polar surface area (TPSA) is 106 Å². The van der Waals surface area contributed by atoms with Crippen LogP contribution in [0, 0.1) is 17.8 Å². The van der Waals surface area contributed by atoms with E-state index < -0.39 is 0 Å². The highest BCUT2D eigenvalue weighted by Gasteiger charge is 2.35. The van der Waals surface area contributed by atoms with Gasteiger partial charge in [-0.1, -0.05) is 76.2 Å². The number of carbonyl (C=O) groups excluding carboxylic acids is 2.